The topological polar surface area (TPSA) is 78.9 Å². The van der Waals surface area contributed by atoms with Crippen molar-refractivity contribution in [3.63, 3.8) is 0 Å². The maximum atomic E-state index is 12.7. The van der Waals surface area contributed by atoms with Gasteiger partial charge >= 0.3 is 7.82 Å². The van der Waals surface area contributed by atoms with Crippen molar-refractivity contribution in [1.29, 1.82) is 0 Å². The molecule has 0 atom stereocenters. The van der Waals surface area contributed by atoms with Gasteiger partial charge in [-0.2, -0.15) is 0 Å². The highest BCUT2D eigenvalue weighted by atomic mass is 31.2. The lowest BCUT2D eigenvalue weighted by atomic mass is 10.1. The number of anilines is 2. The first-order chi connectivity index (χ1) is 16.1. The largest absolute Gasteiger partial charge is 0.530 e. The van der Waals surface area contributed by atoms with Crippen molar-refractivity contribution in [1.82, 2.24) is 4.98 Å². The average Bonchev–Trinajstić information content (AvgIpc) is 3.65. The molecule has 0 unspecified atom stereocenters. The molecule has 0 saturated heterocycles. The van der Waals surface area contributed by atoms with Gasteiger partial charge in [0.05, 0.1) is 18.9 Å². The van der Waals surface area contributed by atoms with Crippen LogP contribution in [-0.2, 0) is 20.2 Å². The monoisotopic (exact) mass is 468 g/mol. The molecule has 1 N–H and O–H groups in total. The van der Waals surface area contributed by atoms with Gasteiger partial charge in [-0.05, 0) is 80.6 Å². The van der Waals surface area contributed by atoms with Crippen LogP contribution >= 0.6 is 7.82 Å². The Labute approximate surface area is 194 Å². The number of hydrogen-bond donors (Lipinski definition) is 1. The molecule has 2 aromatic carbocycles. The number of ether oxygens (including phenoxy) is 1. The molecule has 8 heteroatoms. The van der Waals surface area contributed by atoms with Gasteiger partial charge in [0.25, 0.3) is 0 Å². The van der Waals surface area contributed by atoms with Crippen LogP contribution in [0.4, 0.5) is 11.4 Å². The molecule has 0 aliphatic heterocycles. The molecule has 7 nitrogen and oxygen atoms in total. The van der Waals surface area contributed by atoms with E-state index in [0.717, 1.165) is 35.7 Å². The van der Waals surface area contributed by atoms with Crippen LogP contribution in [0.2, 0.25) is 0 Å². The predicted octanol–water partition coefficient (Wildman–Crippen LogP) is 6.84. The molecule has 33 heavy (non-hydrogen) atoms. The lowest BCUT2D eigenvalue weighted by Crippen LogP contribution is -2.03. The number of phosphoric ester groups is 1. The highest BCUT2D eigenvalue weighted by Gasteiger charge is 2.28. The summed E-state index contributed by atoms with van der Waals surface area (Å²) in [6, 6.07) is 19.2. The van der Waals surface area contributed by atoms with Crippen molar-refractivity contribution in [3.05, 3.63) is 78.1 Å². The van der Waals surface area contributed by atoms with Crippen LogP contribution in [0, 0.1) is 0 Å². The third kappa shape index (κ3) is 6.57. The van der Waals surface area contributed by atoms with Crippen molar-refractivity contribution < 1.29 is 22.9 Å². The second-order valence-corrected chi connectivity index (χ2v) is 9.25. The van der Waals surface area contributed by atoms with Gasteiger partial charge in [0.2, 0.25) is 0 Å². The highest BCUT2D eigenvalue weighted by molar-refractivity contribution is 7.48. The van der Waals surface area contributed by atoms with E-state index in [1.54, 1.807) is 32.2 Å². The molecule has 1 aliphatic rings. The lowest BCUT2D eigenvalue weighted by molar-refractivity contribution is 0.167. The molecule has 0 radical (unpaired) electrons. The minimum atomic E-state index is -3.65. The minimum Gasteiger partial charge on any atom is -0.487 e. The number of hydrogen-bond acceptors (Lipinski definition) is 7. The highest BCUT2D eigenvalue weighted by Crippen LogP contribution is 2.50. The predicted molar refractivity (Wildman–Crippen MR) is 128 cm³/mol. The molecule has 0 bridgehead atoms. The molecule has 3 aromatic rings. The molecule has 4 rings (SSSR count). The number of nitrogens with zero attached hydrogens (tertiary/aromatic N) is 1. The van der Waals surface area contributed by atoms with Gasteiger partial charge in [-0.25, -0.2) is 4.57 Å². The first kappa shape index (κ1) is 23.3. The van der Waals surface area contributed by atoms with E-state index in [4.69, 9.17) is 18.3 Å². The van der Waals surface area contributed by atoms with Gasteiger partial charge in [-0.1, -0.05) is 12.1 Å². The molecule has 1 saturated carbocycles. The second kappa shape index (κ2) is 10.8. The summed E-state index contributed by atoms with van der Waals surface area (Å²) in [4.78, 5) is 4.31. The van der Waals surface area contributed by atoms with Crippen LogP contribution < -0.4 is 14.6 Å². The molecule has 1 heterocycles. The van der Waals surface area contributed by atoms with Crippen molar-refractivity contribution >= 4 is 19.2 Å². The minimum absolute atomic E-state index is 0.231. The summed E-state index contributed by atoms with van der Waals surface area (Å²) in [7, 11) is -3.65. The third-order valence-electron chi connectivity index (χ3n) is 5.06. The van der Waals surface area contributed by atoms with E-state index in [0.29, 0.717) is 18.3 Å². The van der Waals surface area contributed by atoms with Crippen molar-refractivity contribution in [3.8, 4) is 11.5 Å². The van der Waals surface area contributed by atoms with E-state index in [2.05, 4.69) is 16.4 Å². The SMILES string of the molecule is CCOP(=O)(OCC)Oc1cccc(Nc2ccc(OCc3ccccn3)cc2C2CC2)c1. The van der Waals surface area contributed by atoms with E-state index in [1.807, 2.05) is 42.5 Å². The van der Waals surface area contributed by atoms with Crippen LogP contribution in [-0.4, -0.2) is 18.2 Å². The fraction of sp³-hybridized carbons (Fsp3) is 0.320. The fourth-order valence-corrected chi connectivity index (χ4v) is 4.62. The van der Waals surface area contributed by atoms with Gasteiger partial charge in [0.1, 0.15) is 18.1 Å². The molecule has 174 valence electrons. The summed E-state index contributed by atoms with van der Waals surface area (Å²) in [6.07, 6.45) is 4.08. The number of aromatic nitrogens is 1. The molecule has 1 aliphatic carbocycles. The quantitative estimate of drug-likeness (QED) is 0.292. The Bertz CT molecular complexity index is 1090. The zero-order valence-corrected chi connectivity index (χ0v) is 19.8. The van der Waals surface area contributed by atoms with Gasteiger partial charge in [0.15, 0.2) is 0 Å². The lowest BCUT2D eigenvalue weighted by Gasteiger charge is -2.18. The number of benzene rings is 2. The van der Waals surface area contributed by atoms with Crippen LogP contribution in [0.15, 0.2) is 66.9 Å². The van der Waals surface area contributed by atoms with Crippen LogP contribution in [0.1, 0.15) is 43.9 Å². The Morgan fingerprint density at radius 2 is 1.79 bits per heavy atom. The van der Waals surface area contributed by atoms with Crippen molar-refractivity contribution in [2.24, 2.45) is 0 Å². The summed E-state index contributed by atoms with van der Waals surface area (Å²) in [5.41, 5.74) is 3.93. The molecule has 1 fully saturated rings. The van der Waals surface area contributed by atoms with Crippen molar-refractivity contribution in [2.75, 3.05) is 18.5 Å². The number of nitrogens with one attached hydrogen (secondary N) is 1. The van der Waals surface area contributed by atoms with E-state index in [-0.39, 0.29) is 13.2 Å². The summed E-state index contributed by atoms with van der Waals surface area (Å²) in [5.74, 6) is 1.74. The Balaban J connectivity index is 1.48. The van der Waals surface area contributed by atoms with Gasteiger partial charge in [0, 0.05) is 23.6 Å². The van der Waals surface area contributed by atoms with E-state index < -0.39 is 7.82 Å². The zero-order valence-electron chi connectivity index (χ0n) is 18.9. The second-order valence-electron chi connectivity index (χ2n) is 7.66. The normalized spacial score (nSPS) is 13.5. The smallest absolute Gasteiger partial charge is 0.487 e. The zero-order chi connectivity index (χ0) is 23.1. The maximum absolute atomic E-state index is 12.7. The summed E-state index contributed by atoms with van der Waals surface area (Å²) in [5, 5.41) is 3.47. The molecular weight excluding hydrogens is 439 g/mol. The molecule has 0 spiro atoms. The Morgan fingerprint density at radius 1 is 0.970 bits per heavy atom. The number of phosphoric acid groups is 1. The third-order valence-corrected chi connectivity index (χ3v) is 6.64. The number of rotatable bonds is 12. The number of pyridine rings is 1. The standard InChI is InChI=1S/C25H29N2O5P/c1-3-30-33(28,31-4-2)32-23-10-7-9-20(16-23)27-25-14-13-22(17-24(25)19-11-12-19)29-18-21-8-5-6-15-26-21/h5-10,13-17,19,27H,3-4,11-12,18H2,1-2H3. The average molecular weight is 468 g/mol. The van der Waals surface area contributed by atoms with Crippen LogP contribution in [0.25, 0.3) is 0 Å². The van der Waals surface area contributed by atoms with Crippen LogP contribution in [0.5, 0.6) is 11.5 Å². The first-order valence-electron chi connectivity index (χ1n) is 11.2. The maximum Gasteiger partial charge on any atom is 0.530 e. The van der Waals surface area contributed by atoms with Gasteiger partial charge < -0.3 is 14.6 Å². The van der Waals surface area contributed by atoms with E-state index in [1.165, 1.54) is 5.56 Å². The molecular formula is C25H29N2O5P. The Kier molecular flexibility index (Phi) is 7.65. The molecule has 0 amide bonds. The Morgan fingerprint density at radius 3 is 2.48 bits per heavy atom. The van der Waals surface area contributed by atoms with Gasteiger partial charge in [-0.15, -0.1) is 0 Å². The Hall–Kier alpha value is -2.86. The molecule has 1 aromatic heterocycles. The first-order valence-corrected chi connectivity index (χ1v) is 12.7. The summed E-state index contributed by atoms with van der Waals surface area (Å²) >= 11 is 0. The van der Waals surface area contributed by atoms with E-state index >= 15 is 0 Å². The van der Waals surface area contributed by atoms with Crippen LogP contribution in [0.3, 0.4) is 0 Å². The summed E-state index contributed by atoms with van der Waals surface area (Å²) in [6.45, 7) is 4.38. The fourth-order valence-electron chi connectivity index (χ4n) is 3.44. The van der Waals surface area contributed by atoms with Gasteiger partial charge in [-0.3, -0.25) is 14.0 Å². The summed E-state index contributed by atoms with van der Waals surface area (Å²) < 4.78 is 34.7. The van der Waals surface area contributed by atoms with E-state index in [9.17, 15) is 4.57 Å². The van der Waals surface area contributed by atoms with Crippen molar-refractivity contribution in [2.45, 2.75) is 39.2 Å².